The first kappa shape index (κ1) is 10.2. The number of para-hydroxylation sites is 1. The molecule has 0 aliphatic rings. The number of benzene rings is 1. The van der Waals surface area contributed by atoms with Gasteiger partial charge in [0, 0.05) is 6.07 Å². The molecule has 0 bridgehead atoms. The molecule has 3 rings (SSSR count). The Morgan fingerprint density at radius 1 is 1.35 bits per heavy atom. The molecule has 2 N–H and O–H groups in total. The molecule has 6 heteroatoms. The summed E-state index contributed by atoms with van der Waals surface area (Å²) in [5, 5.41) is 4.24. The minimum Gasteiger partial charge on any atom is -0.369 e. The molecular formula is C11H9ClN4O. The van der Waals surface area contributed by atoms with Crippen molar-refractivity contribution >= 4 is 28.6 Å². The molecule has 0 radical (unpaired) electrons. The van der Waals surface area contributed by atoms with Gasteiger partial charge in [-0.25, -0.2) is 4.98 Å². The van der Waals surface area contributed by atoms with Gasteiger partial charge in [0.2, 0.25) is 5.95 Å². The van der Waals surface area contributed by atoms with E-state index in [-0.39, 0.29) is 0 Å². The maximum Gasteiger partial charge on any atom is 0.201 e. The van der Waals surface area contributed by atoms with Crippen molar-refractivity contribution in [1.82, 2.24) is 14.7 Å². The van der Waals surface area contributed by atoms with Crippen LogP contribution in [0.2, 0.25) is 5.02 Å². The van der Waals surface area contributed by atoms with E-state index in [1.807, 2.05) is 16.7 Å². The second-order valence-corrected chi connectivity index (χ2v) is 4.05. The Balaban J connectivity index is 2.16. The van der Waals surface area contributed by atoms with Gasteiger partial charge in [0.25, 0.3) is 0 Å². The van der Waals surface area contributed by atoms with Gasteiger partial charge in [0.15, 0.2) is 5.76 Å². The number of rotatable bonds is 2. The lowest BCUT2D eigenvalue weighted by Crippen LogP contribution is -2.03. The van der Waals surface area contributed by atoms with Crippen molar-refractivity contribution in [3.8, 4) is 0 Å². The average molecular weight is 249 g/mol. The van der Waals surface area contributed by atoms with Crippen LogP contribution in [-0.4, -0.2) is 14.7 Å². The first-order valence-electron chi connectivity index (χ1n) is 5.05. The highest BCUT2D eigenvalue weighted by atomic mass is 35.5. The highest BCUT2D eigenvalue weighted by Gasteiger charge is 2.11. The molecule has 2 aromatic heterocycles. The van der Waals surface area contributed by atoms with E-state index >= 15 is 0 Å². The Bertz CT molecular complexity index is 659. The maximum atomic E-state index is 6.06. The zero-order chi connectivity index (χ0) is 11.8. The highest BCUT2D eigenvalue weighted by Crippen LogP contribution is 2.25. The average Bonchev–Trinajstić information content (AvgIpc) is 2.91. The summed E-state index contributed by atoms with van der Waals surface area (Å²) in [7, 11) is 0. The van der Waals surface area contributed by atoms with E-state index in [1.165, 1.54) is 0 Å². The molecule has 0 saturated carbocycles. The minimum absolute atomic E-state index is 0.407. The molecule has 0 fully saturated rings. The zero-order valence-corrected chi connectivity index (χ0v) is 9.55. The van der Waals surface area contributed by atoms with Gasteiger partial charge in [-0.3, -0.25) is 0 Å². The van der Waals surface area contributed by atoms with Crippen molar-refractivity contribution in [1.29, 1.82) is 0 Å². The van der Waals surface area contributed by atoms with Crippen LogP contribution in [0.4, 0.5) is 5.95 Å². The number of aromatic nitrogens is 3. The topological polar surface area (TPSA) is 69.9 Å². The van der Waals surface area contributed by atoms with E-state index in [0.717, 1.165) is 11.3 Å². The van der Waals surface area contributed by atoms with Crippen LogP contribution in [0.15, 0.2) is 35.0 Å². The number of halogens is 1. The number of nitrogens with zero attached hydrogens (tertiary/aromatic N) is 3. The van der Waals surface area contributed by atoms with Gasteiger partial charge >= 0.3 is 0 Å². The minimum atomic E-state index is 0.407. The molecular weight excluding hydrogens is 240 g/mol. The van der Waals surface area contributed by atoms with E-state index < -0.39 is 0 Å². The molecule has 0 spiro atoms. The van der Waals surface area contributed by atoms with Gasteiger partial charge in [0.1, 0.15) is 5.52 Å². The molecule has 0 aliphatic heterocycles. The van der Waals surface area contributed by atoms with E-state index in [1.54, 1.807) is 18.3 Å². The van der Waals surface area contributed by atoms with Gasteiger partial charge in [-0.15, -0.1) is 0 Å². The van der Waals surface area contributed by atoms with Gasteiger partial charge in [-0.2, -0.15) is 0 Å². The Morgan fingerprint density at radius 3 is 3.00 bits per heavy atom. The van der Waals surface area contributed by atoms with E-state index in [2.05, 4.69) is 10.1 Å². The van der Waals surface area contributed by atoms with Crippen molar-refractivity contribution in [2.45, 2.75) is 6.54 Å². The van der Waals surface area contributed by atoms with Crippen molar-refractivity contribution in [2.24, 2.45) is 0 Å². The van der Waals surface area contributed by atoms with Crippen molar-refractivity contribution in [3.05, 3.63) is 41.2 Å². The van der Waals surface area contributed by atoms with Crippen LogP contribution in [-0.2, 0) is 6.54 Å². The third kappa shape index (κ3) is 1.64. The third-order valence-electron chi connectivity index (χ3n) is 2.56. The molecule has 0 saturated heterocycles. The second-order valence-electron chi connectivity index (χ2n) is 3.64. The fourth-order valence-corrected chi connectivity index (χ4v) is 1.99. The van der Waals surface area contributed by atoms with Gasteiger partial charge in [-0.1, -0.05) is 22.8 Å². The molecule has 2 heterocycles. The van der Waals surface area contributed by atoms with E-state index in [0.29, 0.717) is 23.0 Å². The van der Waals surface area contributed by atoms with Crippen LogP contribution in [0.1, 0.15) is 5.76 Å². The summed E-state index contributed by atoms with van der Waals surface area (Å²) in [6.45, 7) is 0.489. The van der Waals surface area contributed by atoms with Crippen LogP contribution >= 0.6 is 11.6 Å². The van der Waals surface area contributed by atoms with Gasteiger partial charge in [-0.05, 0) is 12.1 Å². The molecule has 0 aliphatic carbocycles. The van der Waals surface area contributed by atoms with Crippen LogP contribution in [0.3, 0.4) is 0 Å². The molecule has 17 heavy (non-hydrogen) atoms. The van der Waals surface area contributed by atoms with Crippen LogP contribution in [0, 0.1) is 0 Å². The summed E-state index contributed by atoms with van der Waals surface area (Å²) in [6, 6.07) is 7.36. The number of anilines is 1. The predicted octanol–water partition coefficient (Wildman–Crippen LogP) is 2.31. The zero-order valence-electron chi connectivity index (χ0n) is 8.80. The quantitative estimate of drug-likeness (QED) is 0.756. The fourth-order valence-electron chi connectivity index (χ4n) is 1.78. The van der Waals surface area contributed by atoms with Crippen LogP contribution in [0.5, 0.6) is 0 Å². The van der Waals surface area contributed by atoms with E-state index in [9.17, 15) is 0 Å². The van der Waals surface area contributed by atoms with E-state index in [4.69, 9.17) is 21.9 Å². The molecule has 5 nitrogen and oxygen atoms in total. The summed E-state index contributed by atoms with van der Waals surface area (Å²) >= 11 is 6.06. The number of hydrogen-bond donors (Lipinski definition) is 1. The summed E-state index contributed by atoms with van der Waals surface area (Å²) in [6.07, 6.45) is 1.59. The predicted molar refractivity (Wildman–Crippen MR) is 64.8 cm³/mol. The summed E-state index contributed by atoms with van der Waals surface area (Å²) in [5.41, 5.74) is 7.45. The van der Waals surface area contributed by atoms with Gasteiger partial charge in [0.05, 0.1) is 23.3 Å². The SMILES string of the molecule is Nc1nc2c(Cl)cccc2n1Cc1ccno1. The maximum absolute atomic E-state index is 6.06. The number of hydrogen-bond acceptors (Lipinski definition) is 4. The first-order chi connectivity index (χ1) is 8.25. The van der Waals surface area contributed by atoms with Crippen molar-refractivity contribution in [3.63, 3.8) is 0 Å². The van der Waals surface area contributed by atoms with Crippen LogP contribution < -0.4 is 5.73 Å². The number of nitrogens with two attached hydrogens (primary N) is 1. The lowest BCUT2D eigenvalue weighted by atomic mass is 10.3. The van der Waals surface area contributed by atoms with Crippen LogP contribution in [0.25, 0.3) is 11.0 Å². The number of fused-ring (bicyclic) bond motifs is 1. The van der Waals surface area contributed by atoms with Crippen molar-refractivity contribution in [2.75, 3.05) is 5.73 Å². The summed E-state index contributed by atoms with van der Waals surface area (Å²) in [5.74, 6) is 1.13. The monoisotopic (exact) mass is 248 g/mol. The highest BCUT2D eigenvalue weighted by molar-refractivity contribution is 6.35. The fraction of sp³-hybridized carbons (Fsp3) is 0.0909. The smallest absolute Gasteiger partial charge is 0.201 e. The standard InChI is InChI=1S/C11H9ClN4O/c12-8-2-1-3-9-10(8)15-11(13)16(9)6-7-4-5-14-17-7/h1-5H,6H2,(H2,13,15). The lowest BCUT2D eigenvalue weighted by Gasteiger charge is -2.02. The third-order valence-corrected chi connectivity index (χ3v) is 2.87. The largest absolute Gasteiger partial charge is 0.369 e. The number of imidazole rings is 1. The molecule has 0 unspecified atom stereocenters. The first-order valence-corrected chi connectivity index (χ1v) is 5.43. The van der Waals surface area contributed by atoms with Gasteiger partial charge < -0.3 is 14.8 Å². The second kappa shape index (κ2) is 3.78. The Kier molecular flexibility index (Phi) is 2.26. The Morgan fingerprint density at radius 2 is 2.24 bits per heavy atom. The molecule has 0 atom stereocenters. The Hall–Kier alpha value is -2.01. The Labute approximate surface area is 102 Å². The summed E-state index contributed by atoms with van der Waals surface area (Å²) in [4.78, 5) is 4.24. The van der Waals surface area contributed by atoms with Crippen molar-refractivity contribution < 1.29 is 4.52 Å². The number of nitrogen functional groups attached to an aromatic ring is 1. The molecule has 1 aromatic carbocycles. The molecule has 86 valence electrons. The molecule has 3 aromatic rings. The summed E-state index contributed by atoms with van der Waals surface area (Å²) < 4.78 is 6.89. The lowest BCUT2D eigenvalue weighted by molar-refractivity contribution is 0.378. The normalized spacial score (nSPS) is 11.1. The molecule has 0 amide bonds.